The molecule has 0 radical (unpaired) electrons. The molecule has 0 aliphatic heterocycles. The van der Waals surface area contributed by atoms with Gasteiger partial charge in [0.15, 0.2) is 0 Å². The van der Waals surface area contributed by atoms with Gasteiger partial charge in [-0.25, -0.2) is 4.98 Å². The normalized spacial score (nSPS) is 11.2. The van der Waals surface area contributed by atoms with Crippen molar-refractivity contribution in [3.05, 3.63) is 71.8 Å². The monoisotopic (exact) mass is 363 g/mol. The van der Waals surface area contributed by atoms with Crippen LogP contribution in [0.3, 0.4) is 0 Å². The lowest BCUT2D eigenvalue weighted by Crippen LogP contribution is -1.92. The van der Waals surface area contributed by atoms with Crippen molar-refractivity contribution in [1.82, 2.24) is 4.98 Å². The quantitative estimate of drug-likeness (QED) is 0.412. The molecule has 0 saturated heterocycles. The summed E-state index contributed by atoms with van der Waals surface area (Å²) in [5.74, 6) is 0.894. The van der Waals surface area contributed by atoms with Crippen LogP contribution in [0, 0.1) is 0 Å². The summed E-state index contributed by atoms with van der Waals surface area (Å²) < 4.78 is 5.65. The molecule has 1 heterocycles. The summed E-state index contributed by atoms with van der Waals surface area (Å²) in [6.07, 6.45) is 9.60. The van der Waals surface area contributed by atoms with Crippen molar-refractivity contribution < 1.29 is 4.74 Å². The van der Waals surface area contributed by atoms with Gasteiger partial charge in [0.2, 0.25) is 0 Å². The highest BCUT2D eigenvalue weighted by atomic mass is 32.1. The van der Waals surface area contributed by atoms with Gasteiger partial charge in [0, 0.05) is 16.6 Å². The first-order valence-corrected chi connectivity index (χ1v) is 10.0. The Morgan fingerprint density at radius 2 is 1.62 bits per heavy atom. The highest BCUT2D eigenvalue weighted by Gasteiger charge is 2.06. The second-order valence-corrected chi connectivity index (χ2v) is 7.33. The van der Waals surface area contributed by atoms with Crippen molar-refractivity contribution in [2.75, 3.05) is 6.61 Å². The van der Waals surface area contributed by atoms with Crippen molar-refractivity contribution in [3.63, 3.8) is 0 Å². The zero-order valence-corrected chi connectivity index (χ0v) is 16.3. The van der Waals surface area contributed by atoms with E-state index in [4.69, 9.17) is 4.74 Å². The molecular weight excluding hydrogens is 338 g/mol. The van der Waals surface area contributed by atoms with Crippen LogP contribution < -0.4 is 4.74 Å². The Bertz CT molecular complexity index is 831. The van der Waals surface area contributed by atoms with Gasteiger partial charge in [-0.2, -0.15) is 0 Å². The molecule has 2 aromatic carbocycles. The van der Waals surface area contributed by atoms with Crippen LogP contribution >= 0.6 is 11.3 Å². The molecule has 134 valence electrons. The standard InChI is InChI=1S/C23H25NOS/c1-3-5-7-22-17-24-23(26-22)20-10-8-18(9-11-20)19-12-14-21(15-13-19)25-16-6-4-2/h4,6,8-15,17H,3,5,7,16H2,1-2H3/b6-4+. The van der Waals surface area contributed by atoms with Crippen molar-refractivity contribution in [2.24, 2.45) is 0 Å². The van der Waals surface area contributed by atoms with Gasteiger partial charge in [0.05, 0.1) is 0 Å². The van der Waals surface area contributed by atoms with Crippen molar-refractivity contribution in [3.8, 4) is 27.4 Å². The maximum absolute atomic E-state index is 5.65. The average Bonchev–Trinajstić information content (AvgIpc) is 3.16. The number of aromatic nitrogens is 1. The van der Waals surface area contributed by atoms with Crippen LogP contribution in [0.25, 0.3) is 21.7 Å². The number of hydrogen-bond acceptors (Lipinski definition) is 3. The van der Waals surface area contributed by atoms with Gasteiger partial charge >= 0.3 is 0 Å². The number of nitrogens with zero attached hydrogens (tertiary/aromatic N) is 1. The predicted molar refractivity (Wildman–Crippen MR) is 112 cm³/mol. The van der Waals surface area contributed by atoms with Gasteiger partial charge in [-0.05, 0) is 43.0 Å². The van der Waals surface area contributed by atoms with Gasteiger partial charge in [-0.1, -0.05) is 61.9 Å². The smallest absolute Gasteiger partial charge is 0.123 e. The number of benzene rings is 2. The molecule has 0 unspecified atom stereocenters. The van der Waals surface area contributed by atoms with Gasteiger partial charge in [0.25, 0.3) is 0 Å². The summed E-state index contributed by atoms with van der Waals surface area (Å²) in [5.41, 5.74) is 3.59. The van der Waals surface area contributed by atoms with Crippen LogP contribution in [0.1, 0.15) is 31.6 Å². The summed E-state index contributed by atoms with van der Waals surface area (Å²) in [4.78, 5) is 5.96. The molecule has 0 amide bonds. The Labute approximate surface area is 160 Å². The molecule has 3 heteroatoms. The van der Waals surface area contributed by atoms with Crippen LogP contribution in [-0.2, 0) is 6.42 Å². The number of ether oxygens (including phenoxy) is 1. The summed E-state index contributed by atoms with van der Waals surface area (Å²) in [5, 5.41) is 1.11. The highest BCUT2D eigenvalue weighted by Crippen LogP contribution is 2.29. The van der Waals surface area contributed by atoms with Crippen LogP contribution in [0.15, 0.2) is 66.9 Å². The summed E-state index contributed by atoms with van der Waals surface area (Å²) in [7, 11) is 0. The second kappa shape index (κ2) is 9.35. The van der Waals surface area contributed by atoms with E-state index in [0.29, 0.717) is 6.61 Å². The molecule has 0 N–H and O–H groups in total. The van der Waals surface area contributed by atoms with Gasteiger partial charge in [0.1, 0.15) is 17.4 Å². The van der Waals surface area contributed by atoms with Gasteiger partial charge in [-0.3, -0.25) is 0 Å². The Hall–Kier alpha value is -2.39. The van der Waals surface area contributed by atoms with Crippen LogP contribution in [-0.4, -0.2) is 11.6 Å². The van der Waals surface area contributed by atoms with E-state index in [1.165, 1.54) is 34.4 Å². The maximum atomic E-state index is 5.65. The van der Waals surface area contributed by atoms with E-state index < -0.39 is 0 Å². The number of thiazole rings is 1. The third kappa shape index (κ3) is 4.83. The second-order valence-electron chi connectivity index (χ2n) is 6.22. The van der Waals surface area contributed by atoms with Crippen LogP contribution in [0.4, 0.5) is 0 Å². The van der Waals surface area contributed by atoms with E-state index in [1.807, 2.05) is 37.4 Å². The minimum atomic E-state index is 0.610. The Balaban J connectivity index is 1.68. The van der Waals surface area contributed by atoms with E-state index in [2.05, 4.69) is 48.3 Å². The lowest BCUT2D eigenvalue weighted by atomic mass is 10.0. The number of aryl methyl sites for hydroxylation is 1. The number of hydrogen-bond donors (Lipinski definition) is 0. The molecule has 3 rings (SSSR count). The Kier molecular flexibility index (Phi) is 6.62. The summed E-state index contributed by atoms with van der Waals surface area (Å²) in [6.45, 7) is 4.83. The van der Waals surface area contributed by atoms with Crippen molar-refractivity contribution in [2.45, 2.75) is 33.1 Å². The van der Waals surface area contributed by atoms with Gasteiger partial charge in [-0.15, -0.1) is 11.3 Å². The first-order chi connectivity index (χ1) is 12.8. The fraction of sp³-hybridized carbons (Fsp3) is 0.261. The molecule has 26 heavy (non-hydrogen) atoms. The molecule has 0 saturated carbocycles. The third-order valence-electron chi connectivity index (χ3n) is 4.23. The third-order valence-corrected chi connectivity index (χ3v) is 5.34. The topological polar surface area (TPSA) is 22.1 Å². The SMILES string of the molecule is C/C=C/COc1ccc(-c2ccc(-c3ncc(CCCC)s3)cc2)cc1. The Morgan fingerprint density at radius 1 is 0.962 bits per heavy atom. The predicted octanol–water partition coefficient (Wildman–Crippen LogP) is 6.77. The largest absolute Gasteiger partial charge is 0.490 e. The molecule has 0 atom stereocenters. The summed E-state index contributed by atoms with van der Waals surface area (Å²) in [6, 6.07) is 16.9. The number of allylic oxidation sites excluding steroid dienone is 1. The fourth-order valence-electron chi connectivity index (χ4n) is 2.70. The zero-order chi connectivity index (χ0) is 18.2. The minimum Gasteiger partial charge on any atom is -0.490 e. The van der Waals surface area contributed by atoms with Crippen molar-refractivity contribution in [1.29, 1.82) is 0 Å². The first kappa shape index (κ1) is 18.4. The molecule has 1 aromatic heterocycles. The molecule has 2 nitrogen and oxygen atoms in total. The number of rotatable bonds is 8. The molecule has 3 aromatic rings. The maximum Gasteiger partial charge on any atom is 0.123 e. The van der Waals surface area contributed by atoms with E-state index >= 15 is 0 Å². The molecular formula is C23H25NOS. The van der Waals surface area contributed by atoms with Crippen molar-refractivity contribution >= 4 is 11.3 Å². The molecule has 0 spiro atoms. The van der Waals surface area contributed by atoms with E-state index in [1.54, 1.807) is 11.3 Å². The summed E-state index contributed by atoms with van der Waals surface area (Å²) >= 11 is 1.81. The average molecular weight is 364 g/mol. The number of unbranched alkanes of at least 4 members (excludes halogenated alkanes) is 1. The van der Waals surface area contributed by atoms with Crippen LogP contribution in [0.5, 0.6) is 5.75 Å². The zero-order valence-electron chi connectivity index (χ0n) is 15.4. The molecule has 0 fully saturated rings. The lowest BCUT2D eigenvalue weighted by Gasteiger charge is -2.06. The first-order valence-electron chi connectivity index (χ1n) is 9.19. The molecule has 0 aliphatic carbocycles. The van der Waals surface area contributed by atoms with Crippen LogP contribution in [0.2, 0.25) is 0 Å². The highest BCUT2D eigenvalue weighted by molar-refractivity contribution is 7.15. The Morgan fingerprint density at radius 3 is 2.27 bits per heavy atom. The van der Waals surface area contributed by atoms with E-state index in [9.17, 15) is 0 Å². The minimum absolute atomic E-state index is 0.610. The van der Waals surface area contributed by atoms with E-state index in [-0.39, 0.29) is 0 Å². The fourth-order valence-corrected chi connectivity index (χ4v) is 3.66. The van der Waals surface area contributed by atoms with Gasteiger partial charge < -0.3 is 4.74 Å². The molecule has 0 aliphatic rings. The lowest BCUT2D eigenvalue weighted by molar-refractivity contribution is 0.363. The van der Waals surface area contributed by atoms with E-state index in [0.717, 1.165) is 17.2 Å². The molecule has 0 bridgehead atoms.